The van der Waals surface area contributed by atoms with E-state index in [0.717, 1.165) is 50.4 Å². The Balaban J connectivity index is 1.35. The van der Waals surface area contributed by atoms with E-state index in [1.165, 1.54) is 16.8 Å². The molecular formula is C24H26N4O. The lowest BCUT2D eigenvalue weighted by Gasteiger charge is -2.34. The number of benzene rings is 1. The third-order valence-corrected chi connectivity index (χ3v) is 6.15. The van der Waals surface area contributed by atoms with Crippen molar-refractivity contribution >= 4 is 17.4 Å². The highest BCUT2D eigenvalue weighted by Gasteiger charge is 2.32. The van der Waals surface area contributed by atoms with E-state index < -0.39 is 0 Å². The van der Waals surface area contributed by atoms with Crippen molar-refractivity contribution in [1.29, 1.82) is 0 Å². The monoisotopic (exact) mass is 386 g/mol. The number of allylic oxidation sites excluding steroid dienone is 1. The fourth-order valence-corrected chi connectivity index (χ4v) is 4.46. The van der Waals surface area contributed by atoms with Gasteiger partial charge in [0.15, 0.2) is 0 Å². The van der Waals surface area contributed by atoms with Gasteiger partial charge in [-0.15, -0.1) is 0 Å². The average Bonchev–Trinajstić information content (AvgIpc) is 3.13. The number of aromatic nitrogens is 1. The second kappa shape index (κ2) is 7.39. The Morgan fingerprint density at radius 1 is 1.10 bits per heavy atom. The van der Waals surface area contributed by atoms with Crippen LogP contribution in [0.15, 0.2) is 66.8 Å². The van der Waals surface area contributed by atoms with E-state index in [2.05, 4.69) is 70.5 Å². The molecule has 0 unspecified atom stereocenters. The van der Waals surface area contributed by atoms with E-state index in [0.29, 0.717) is 0 Å². The Hall–Kier alpha value is -3.08. The number of fused-ring (bicyclic) bond motifs is 2. The van der Waals surface area contributed by atoms with Crippen molar-refractivity contribution in [3.05, 3.63) is 77.9 Å². The maximum absolute atomic E-state index is 13.6. The van der Waals surface area contributed by atoms with Gasteiger partial charge in [-0.3, -0.25) is 9.69 Å². The van der Waals surface area contributed by atoms with Gasteiger partial charge >= 0.3 is 0 Å². The molecule has 5 nitrogen and oxygen atoms in total. The summed E-state index contributed by atoms with van der Waals surface area (Å²) in [6, 6.07) is 12.5. The van der Waals surface area contributed by atoms with Crippen LogP contribution in [-0.4, -0.2) is 28.9 Å². The van der Waals surface area contributed by atoms with E-state index in [9.17, 15) is 4.79 Å². The van der Waals surface area contributed by atoms with Crippen LogP contribution in [0, 0.1) is 12.8 Å². The molecule has 5 heteroatoms. The Kier molecular flexibility index (Phi) is 4.58. The number of para-hydroxylation sites is 1. The van der Waals surface area contributed by atoms with Gasteiger partial charge in [0.25, 0.3) is 0 Å². The number of pyridine rings is 1. The van der Waals surface area contributed by atoms with Crippen LogP contribution in [0.3, 0.4) is 0 Å². The molecule has 2 aromatic rings. The van der Waals surface area contributed by atoms with E-state index in [1.807, 2.05) is 17.2 Å². The number of amides is 1. The molecule has 1 aromatic carbocycles. The highest BCUT2D eigenvalue weighted by molar-refractivity contribution is 5.98. The lowest BCUT2D eigenvalue weighted by Crippen LogP contribution is -2.41. The van der Waals surface area contributed by atoms with Gasteiger partial charge in [0, 0.05) is 56.3 Å². The Morgan fingerprint density at radius 3 is 2.72 bits per heavy atom. The van der Waals surface area contributed by atoms with Gasteiger partial charge in [0.2, 0.25) is 5.91 Å². The van der Waals surface area contributed by atoms with E-state index >= 15 is 0 Å². The predicted molar refractivity (Wildman–Crippen MR) is 115 cm³/mol. The van der Waals surface area contributed by atoms with Crippen molar-refractivity contribution in [1.82, 2.24) is 9.88 Å². The summed E-state index contributed by atoms with van der Waals surface area (Å²) in [5, 5.41) is 0. The number of hydrogen-bond donors (Lipinski definition) is 0. The Morgan fingerprint density at radius 2 is 1.93 bits per heavy atom. The summed E-state index contributed by atoms with van der Waals surface area (Å²) in [5.41, 5.74) is 4.58. The summed E-state index contributed by atoms with van der Waals surface area (Å²) in [5.74, 6) is 1.27. The maximum Gasteiger partial charge on any atom is 0.234 e. The highest BCUT2D eigenvalue weighted by atomic mass is 16.2. The number of nitrogens with zero attached hydrogens (tertiary/aromatic N) is 4. The first-order chi connectivity index (χ1) is 14.2. The minimum atomic E-state index is 0.0440. The summed E-state index contributed by atoms with van der Waals surface area (Å²) >= 11 is 0. The summed E-state index contributed by atoms with van der Waals surface area (Å²) in [4.78, 5) is 24.6. The van der Waals surface area contributed by atoms with Crippen LogP contribution in [0.4, 0.5) is 11.5 Å². The van der Waals surface area contributed by atoms with Gasteiger partial charge in [-0.2, -0.15) is 0 Å². The molecule has 3 aliphatic rings. The van der Waals surface area contributed by atoms with Crippen molar-refractivity contribution in [2.75, 3.05) is 22.9 Å². The molecule has 3 aliphatic heterocycles. The van der Waals surface area contributed by atoms with Crippen LogP contribution < -0.4 is 9.80 Å². The molecule has 0 bridgehead atoms. The van der Waals surface area contributed by atoms with Gasteiger partial charge in [0.1, 0.15) is 5.82 Å². The third-order valence-electron chi connectivity index (χ3n) is 6.15. The first-order valence-electron chi connectivity index (χ1n) is 10.4. The minimum Gasteiger partial charge on any atom is -0.357 e. The quantitative estimate of drug-likeness (QED) is 0.775. The summed E-state index contributed by atoms with van der Waals surface area (Å²) < 4.78 is 0. The summed E-state index contributed by atoms with van der Waals surface area (Å²) in [7, 11) is 0. The van der Waals surface area contributed by atoms with Crippen molar-refractivity contribution in [2.24, 2.45) is 5.92 Å². The Bertz CT molecular complexity index is 971. The lowest BCUT2D eigenvalue weighted by atomic mass is 9.94. The molecule has 1 saturated heterocycles. The molecular weight excluding hydrogens is 360 g/mol. The molecule has 1 amide bonds. The van der Waals surface area contributed by atoms with Gasteiger partial charge in [-0.25, -0.2) is 4.98 Å². The smallest absolute Gasteiger partial charge is 0.234 e. The van der Waals surface area contributed by atoms with Crippen LogP contribution in [0.2, 0.25) is 0 Å². The van der Waals surface area contributed by atoms with E-state index in [4.69, 9.17) is 0 Å². The zero-order valence-corrected chi connectivity index (χ0v) is 16.8. The average molecular weight is 386 g/mol. The number of carbonyl (C=O) groups is 1. The van der Waals surface area contributed by atoms with Gasteiger partial charge in [-0.1, -0.05) is 30.3 Å². The van der Waals surface area contributed by atoms with Gasteiger partial charge in [0.05, 0.1) is 5.69 Å². The molecule has 4 heterocycles. The molecule has 0 N–H and O–H groups in total. The number of hydrogen-bond acceptors (Lipinski definition) is 4. The number of rotatable bonds is 2. The first-order valence-corrected chi connectivity index (χ1v) is 10.4. The SMILES string of the molecule is Cc1ccc(N2CCC(C(=O)N3C=C4CC=CN4Cc4ccccc43)CC2)nc1. The molecule has 0 atom stereocenters. The molecule has 1 fully saturated rings. The molecule has 0 spiro atoms. The zero-order valence-electron chi connectivity index (χ0n) is 16.8. The van der Waals surface area contributed by atoms with Crippen LogP contribution in [-0.2, 0) is 11.3 Å². The molecule has 0 saturated carbocycles. The molecule has 29 heavy (non-hydrogen) atoms. The molecule has 5 rings (SSSR count). The number of aryl methyl sites for hydroxylation is 1. The first kappa shape index (κ1) is 18.0. The lowest BCUT2D eigenvalue weighted by molar-refractivity contribution is -0.122. The normalized spacial score (nSPS) is 18.9. The topological polar surface area (TPSA) is 39.7 Å². The number of piperidine rings is 1. The van der Waals surface area contributed by atoms with E-state index in [1.54, 1.807) is 0 Å². The van der Waals surface area contributed by atoms with E-state index in [-0.39, 0.29) is 11.8 Å². The van der Waals surface area contributed by atoms with Crippen LogP contribution in [0.25, 0.3) is 0 Å². The summed E-state index contributed by atoms with van der Waals surface area (Å²) in [6.07, 6.45) is 10.9. The molecule has 0 aliphatic carbocycles. The maximum atomic E-state index is 13.6. The standard InChI is InChI=1S/C24H26N4O/c1-18-8-9-23(25-15-18)26-13-10-19(11-14-26)24(29)28-17-21-6-4-12-27(21)16-20-5-2-3-7-22(20)28/h2-5,7-9,12,15,17,19H,6,10-11,13-14,16H2,1H3. The number of anilines is 2. The summed E-state index contributed by atoms with van der Waals surface area (Å²) in [6.45, 7) is 4.61. The number of carbonyl (C=O) groups excluding carboxylic acids is 1. The van der Waals surface area contributed by atoms with Crippen LogP contribution in [0.5, 0.6) is 0 Å². The van der Waals surface area contributed by atoms with Gasteiger partial charge in [-0.05, 0) is 43.0 Å². The van der Waals surface area contributed by atoms with Crippen LogP contribution in [0.1, 0.15) is 30.4 Å². The Labute approximate surface area is 171 Å². The van der Waals surface area contributed by atoms with Crippen molar-refractivity contribution in [3.8, 4) is 0 Å². The predicted octanol–water partition coefficient (Wildman–Crippen LogP) is 4.21. The molecule has 148 valence electrons. The fourth-order valence-electron chi connectivity index (χ4n) is 4.46. The second-order valence-electron chi connectivity index (χ2n) is 8.13. The van der Waals surface area contributed by atoms with Crippen molar-refractivity contribution < 1.29 is 4.79 Å². The highest BCUT2D eigenvalue weighted by Crippen LogP contribution is 2.34. The molecule has 0 radical (unpaired) electrons. The minimum absolute atomic E-state index is 0.0440. The van der Waals surface area contributed by atoms with Gasteiger partial charge < -0.3 is 9.80 Å². The fraction of sp³-hybridized carbons (Fsp3) is 0.333. The largest absolute Gasteiger partial charge is 0.357 e. The van der Waals surface area contributed by atoms with Crippen molar-refractivity contribution in [3.63, 3.8) is 0 Å². The zero-order chi connectivity index (χ0) is 19.8. The third kappa shape index (κ3) is 3.41. The molecule has 1 aromatic heterocycles. The van der Waals surface area contributed by atoms with Crippen molar-refractivity contribution in [2.45, 2.75) is 32.7 Å². The van der Waals surface area contributed by atoms with Crippen LogP contribution >= 0.6 is 0 Å². The second-order valence-corrected chi connectivity index (χ2v) is 8.13.